The van der Waals surface area contributed by atoms with E-state index in [9.17, 15) is 19.1 Å². The first-order valence-corrected chi connectivity index (χ1v) is 15.0. The third-order valence-electron chi connectivity index (χ3n) is 8.20. The molecule has 1 fully saturated rings. The van der Waals surface area contributed by atoms with Crippen molar-refractivity contribution in [3.05, 3.63) is 41.2 Å². The van der Waals surface area contributed by atoms with Gasteiger partial charge in [-0.3, -0.25) is 4.79 Å². The first-order chi connectivity index (χ1) is 20.5. The van der Waals surface area contributed by atoms with E-state index in [1.54, 1.807) is 28.8 Å². The Labute approximate surface area is 252 Å². The molecule has 236 valence electrons. The molecular formula is C31H44FN5O6. The number of fused-ring (bicyclic) bond motifs is 1. The van der Waals surface area contributed by atoms with E-state index in [0.717, 1.165) is 13.1 Å². The molecule has 2 aliphatic heterocycles. The van der Waals surface area contributed by atoms with Crippen molar-refractivity contribution in [3.63, 3.8) is 0 Å². The van der Waals surface area contributed by atoms with Gasteiger partial charge in [-0.1, -0.05) is 31.2 Å². The topological polar surface area (TPSA) is 119 Å². The number of amides is 1. The number of aliphatic hydroxyl groups excluding tert-OH is 1. The Kier molecular flexibility index (Phi) is 11.3. The van der Waals surface area contributed by atoms with Crippen LogP contribution in [0.25, 0.3) is 17.1 Å². The highest BCUT2D eigenvalue weighted by Gasteiger charge is 2.29. The third kappa shape index (κ3) is 8.61. The van der Waals surface area contributed by atoms with Gasteiger partial charge in [0.1, 0.15) is 17.7 Å². The number of methoxy groups -OCH3 is 1. The molecule has 1 N–H and O–H groups in total. The van der Waals surface area contributed by atoms with Crippen LogP contribution in [0.2, 0.25) is 0 Å². The van der Waals surface area contributed by atoms with Crippen molar-refractivity contribution in [2.45, 2.75) is 64.9 Å². The maximum atomic E-state index is 14.9. The van der Waals surface area contributed by atoms with Gasteiger partial charge >= 0.3 is 12.1 Å². The van der Waals surface area contributed by atoms with E-state index in [2.05, 4.69) is 15.2 Å². The number of cyclic esters (lactones) is 1. The van der Waals surface area contributed by atoms with Gasteiger partial charge in [-0.05, 0) is 62.1 Å². The average Bonchev–Trinajstić information content (AvgIpc) is 3.38. The Bertz CT molecular complexity index is 1320. The molecule has 0 unspecified atom stereocenters. The fourth-order valence-corrected chi connectivity index (χ4v) is 5.45. The summed E-state index contributed by atoms with van der Waals surface area (Å²) in [6, 6.07) is 3.16. The van der Waals surface area contributed by atoms with Crippen LogP contribution in [0.5, 0.6) is 0 Å². The van der Waals surface area contributed by atoms with Crippen LogP contribution >= 0.6 is 0 Å². The van der Waals surface area contributed by atoms with Gasteiger partial charge in [-0.15, -0.1) is 5.10 Å². The molecule has 3 heterocycles. The predicted octanol–water partition coefficient (Wildman–Crippen LogP) is 3.66. The number of piperazine rings is 1. The zero-order valence-corrected chi connectivity index (χ0v) is 25.7. The normalized spacial score (nSPS) is 27.3. The molecular weight excluding hydrogens is 557 g/mol. The molecule has 1 saturated heterocycles. The fraction of sp³-hybridized carbons (Fsp3) is 0.613. The second-order valence-corrected chi connectivity index (χ2v) is 11.8. The molecule has 1 aromatic carbocycles. The number of hydrogen-bond donors (Lipinski definition) is 1. The molecule has 0 aliphatic carbocycles. The number of aromatic nitrogens is 3. The van der Waals surface area contributed by atoms with Gasteiger partial charge in [0, 0.05) is 39.2 Å². The summed E-state index contributed by atoms with van der Waals surface area (Å²) in [6.45, 7) is 9.31. The number of aliphatic hydroxyl groups is 1. The highest BCUT2D eigenvalue weighted by atomic mass is 19.1. The van der Waals surface area contributed by atoms with Crippen LogP contribution in [0.15, 0.2) is 29.9 Å². The van der Waals surface area contributed by atoms with Gasteiger partial charge in [0.2, 0.25) is 0 Å². The molecule has 2 aliphatic rings. The molecule has 0 bridgehead atoms. The van der Waals surface area contributed by atoms with E-state index in [1.165, 1.54) is 6.07 Å². The number of carbonyl (C=O) groups is 2. The number of carbonyl (C=O) groups excluding carboxylic acids is 2. The Morgan fingerprint density at radius 3 is 2.65 bits per heavy atom. The summed E-state index contributed by atoms with van der Waals surface area (Å²) in [5.74, 6) is -1.41. The molecule has 1 amide bonds. The van der Waals surface area contributed by atoms with E-state index < -0.39 is 30.1 Å². The first kappa shape index (κ1) is 32.6. The maximum Gasteiger partial charge on any atom is 0.410 e. The standard InChI is InChI=1S/C31H44FN5O6/c1-20-6-8-24(38)19-28(39)43-30(21(2)7-9-27(20)42-31(40)36-12-10-35(4)11-13-36)22(3)16-23-17-25(32)29-26(18-23)37(34-33-29)14-15-41-5/h7,9,16-18,20-21,24,27,30,38H,6,8,10-15,19H2,1-5H3/b9-7-,22-16+/t20-,21-,24+,27-,30-/m0/s1. The Morgan fingerprint density at radius 1 is 1.19 bits per heavy atom. The minimum atomic E-state index is -0.885. The van der Waals surface area contributed by atoms with Gasteiger partial charge < -0.3 is 29.1 Å². The second kappa shape index (κ2) is 14.9. The van der Waals surface area contributed by atoms with Gasteiger partial charge in [-0.25, -0.2) is 13.9 Å². The minimum absolute atomic E-state index is 0.0775. The largest absolute Gasteiger partial charge is 0.457 e. The van der Waals surface area contributed by atoms with Crippen molar-refractivity contribution in [2.75, 3.05) is 46.9 Å². The second-order valence-electron chi connectivity index (χ2n) is 11.8. The smallest absolute Gasteiger partial charge is 0.410 e. The van der Waals surface area contributed by atoms with Crippen LogP contribution in [-0.2, 0) is 25.5 Å². The van der Waals surface area contributed by atoms with Crippen LogP contribution in [-0.4, -0.2) is 107 Å². The molecule has 0 radical (unpaired) electrons. The molecule has 5 atom stereocenters. The molecule has 0 spiro atoms. The zero-order chi connectivity index (χ0) is 31.1. The Balaban J connectivity index is 1.59. The van der Waals surface area contributed by atoms with Crippen LogP contribution < -0.4 is 0 Å². The van der Waals surface area contributed by atoms with Crippen molar-refractivity contribution in [3.8, 4) is 0 Å². The fourth-order valence-electron chi connectivity index (χ4n) is 5.45. The summed E-state index contributed by atoms with van der Waals surface area (Å²) in [5, 5.41) is 18.6. The highest BCUT2D eigenvalue weighted by Crippen LogP contribution is 2.27. The lowest BCUT2D eigenvalue weighted by Gasteiger charge is -2.33. The Hall–Kier alpha value is -3.35. The van der Waals surface area contributed by atoms with Gasteiger partial charge in [-0.2, -0.15) is 0 Å². The highest BCUT2D eigenvalue weighted by molar-refractivity contribution is 5.79. The van der Waals surface area contributed by atoms with Crippen LogP contribution in [0.1, 0.15) is 45.6 Å². The molecule has 0 saturated carbocycles. The minimum Gasteiger partial charge on any atom is -0.457 e. The third-order valence-corrected chi connectivity index (χ3v) is 8.20. The lowest BCUT2D eigenvalue weighted by Crippen LogP contribution is -2.48. The number of benzene rings is 1. The van der Waals surface area contributed by atoms with Crippen molar-refractivity contribution < 1.29 is 33.3 Å². The van der Waals surface area contributed by atoms with E-state index >= 15 is 0 Å². The molecule has 11 nitrogen and oxygen atoms in total. The van der Waals surface area contributed by atoms with E-state index in [0.29, 0.717) is 55.7 Å². The monoisotopic (exact) mass is 601 g/mol. The number of likely N-dealkylation sites (N-methyl/N-ethyl adjacent to an activating group) is 1. The first-order valence-electron chi connectivity index (χ1n) is 15.0. The van der Waals surface area contributed by atoms with Gasteiger partial charge in [0.25, 0.3) is 0 Å². The summed E-state index contributed by atoms with van der Waals surface area (Å²) < 4.78 is 33.5. The summed E-state index contributed by atoms with van der Waals surface area (Å²) in [5.41, 5.74) is 1.95. The number of esters is 1. The molecule has 1 aromatic heterocycles. The van der Waals surface area contributed by atoms with Crippen molar-refractivity contribution >= 4 is 29.2 Å². The van der Waals surface area contributed by atoms with E-state index in [-0.39, 0.29) is 29.9 Å². The number of nitrogens with zero attached hydrogens (tertiary/aromatic N) is 5. The van der Waals surface area contributed by atoms with Crippen molar-refractivity contribution in [1.29, 1.82) is 0 Å². The SMILES string of the molecule is COCCn1nnc2c(F)cc(/C=C(\C)[C@H]3OC(=O)C[C@H](O)CC[C@H](C)[C@@H](OC(=O)N4CCN(C)CC4)/C=C\[C@@H]3C)cc21. The molecule has 4 rings (SSSR count). The maximum absolute atomic E-state index is 14.9. The Morgan fingerprint density at radius 2 is 1.93 bits per heavy atom. The van der Waals surface area contributed by atoms with Gasteiger partial charge in [0.15, 0.2) is 5.82 Å². The molecule has 12 heteroatoms. The zero-order valence-electron chi connectivity index (χ0n) is 25.7. The number of ether oxygens (including phenoxy) is 3. The molecule has 2 aromatic rings. The summed E-state index contributed by atoms with van der Waals surface area (Å²) in [6.07, 6.45) is 3.86. The van der Waals surface area contributed by atoms with Crippen LogP contribution in [0.4, 0.5) is 9.18 Å². The van der Waals surface area contributed by atoms with Crippen molar-refractivity contribution in [2.24, 2.45) is 11.8 Å². The van der Waals surface area contributed by atoms with Crippen LogP contribution in [0, 0.1) is 17.7 Å². The van der Waals surface area contributed by atoms with Crippen LogP contribution in [0.3, 0.4) is 0 Å². The van der Waals surface area contributed by atoms with Gasteiger partial charge in [0.05, 0.1) is 31.2 Å². The van der Waals surface area contributed by atoms with E-state index in [4.69, 9.17) is 14.2 Å². The number of rotatable bonds is 6. The number of halogens is 1. The summed E-state index contributed by atoms with van der Waals surface area (Å²) in [4.78, 5) is 29.8. The predicted molar refractivity (Wildman–Crippen MR) is 160 cm³/mol. The molecule has 43 heavy (non-hydrogen) atoms. The average molecular weight is 602 g/mol. The number of hydrogen-bond acceptors (Lipinski definition) is 9. The van der Waals surface area contributed by atoms with E-state index in [1.807, 2.05) is 40.0 Å². The lowest BCUT2D eigenvalue weighted by atomic mass is 9.91. The van der Waals surface area contributed by atoms with Crippen molar-refractivity contribution in [1.82, 2.24) is 24.8 Å². The summed E-state index contributed by atoms with van der Waals surface area (Å²) in [7, 11) is 3.60. The summed E-state index contributed by atoms with van der Waals surface area (Å²) >= 11 is 0. The lowest BCUT2D eigenvalue weighted by molar-refractivity contribution is -0.151. The quantitative estimate of drug-likeness (QED) is 0.391.